The summed E-state index contributed by atoms with van der Waals surface area (Å²) in [4.78, 5) is 12.3. The van der Waals surface area contributed by atoms with Crippen molar-refractivity contribution in [3.05, 3.63) is 35.7 Å². The number of rotatable bonds is 7. The van der Waals surface area contributed by atoms with Crippen molar-refractivity contribution in [3.8, 4) is 6.07 Å². The van der Waals surface area contributed by atoms with E-state index in [0.29, 0.717) is 36.7 Å². The molecule has 0 aliphatic carbocycles. The van der Waals surface area contributed by atoms with Gasteiger partial charge in [-0.05, 0) is 29.7 Å². The van der Waals surface area contributed by atoms with Gasteiger partial charge in [-0.25, -0.2) is 9.18 Å². The minimum absolute atomic E-state index is 0.326. The van der Waals surface area contributed by atoms with Gasteiger partial charge in [0.25, 0.3) is 0 Å². The lowest BCUT2D eigenvalue weighted by atomic mass is 10.1. The smallest absolute Gasteiger partial charge is 0.328 e. The molecular formula is C16H19FN2O2. The Morgan fingerprint density at radius 2 is 2.24 bits per heavy atom. The van der Waals surface area contributed by atoms with Crippen LogP contribution in [0.2, 0.25) is 0 Å². The van der Waals surface area contributed by atoms with Crippen molar-refractivity contribution in [2.75, 3.05) is 18.0 Å². The first-order valence-corrected chi connectivity index (χ1v) is 6.76. The van der Waals surface area contributed by atoms with Gasteiger partial charge in [0.1, 0.15) is 5.82 Å². The van der Waals surface area contributed by atoms with Gasteiger partial charge in [-0.3, -0.25) is 0 Å². The van der Waals surface area contributed by atoms with E-state index >= 15 is 0 Å². The molecule has 0 bridgehead atoms. The topological polar surface area (TPSA) is 64.3 Å². The molecule has 1 aromatic rings. The first-order valence-electron chi connectivity index (χ1n) is 6.76. The number of nitriles is 1. The van der Waals surface area contributed by atoms with Crippen LogP contribution in [0, 0.1) is 23.1 Å². The maximum Gasteiger partial charge on any atom is 0.328 e. The molecule has 0 amide bonds. The van der Waals surface area contributed by atoms with Crippen molar-refractivity contribution in [1.82, 2.24) is 0 Å². The van der Waals surface area contributed by atoms with Crippen LogP contribution in [-0.2, 0) is 4.79 Å². The van der Waals surface area contributed by atoms with Crippen LogP contribution >= 0.6 is 0 Å². The number of hydrogen-bond donors (Lipinski definition) is 1. The van der Waals surface area contributed by atoms with Gasteiger partial charge in [-0.2, -0.15) is 5.26 Å². The molecule has 1 N–H and O–H groups in total. The molecular weight excluding hydrogens is 271 g/mol. The minimum Gasteiger partial charge on any atom is -0.478 e. The summed E-state index contributed by atoms with van der Waals surface area (Å²) in [6.45, 7) is 5.18. The highest BCUT2D eigenvalue weighted by atomic mass is 19.1. The summed E-state index contributed by atoms with van der Waals surface area (Å²) in [6, 6.07) is 6.65. The van der Waals surface area contributed by atoms with Crippen molar-refractivity contribution in [3.63, 3.8) is 0 Å². The molecule has 4 nitrogen and oxygen atoms in total. The summed E-state index contributed by atoms with van der Waals surface area (Å²) >= 11 is 0. The summed E-state index contributed by atoms with van der Waals surface area (Å²) in [7, 11) is 0. The third-order valence-electron chi connectivity index (χ3n) is 2.81. The van der Waals surface area contributed by atoms with E-state index in [4.69, 9.17) is 10.4 Å². The number of carboxylic acids is 1. The first kappa shape index (κ1) is 16.7. The predicted molar refractivity (Wildman–Crippen MR) is 80.4 cm³/mol. The SMILES string of the molecule is CC(C)CN(CCC#N)c1ccc(C=CC(=O)O)cc1F. The van der Waals surface area contributed by atoms with E-state index in [2.05, 4.69) is 6.07 Å². The van der Waals surface area contributed by atoms with Crippen LogP contribution in [0.3, 0.4) is 0 Å². The minimum atomic E-state index is -1.07. The molecule has 0 saturated carbocycles. The van der Waals surface area contributed by atoms with Crippen LogP contribution < -0.4 is 4.90 Å². The fraction of sp³-hybridized carbons (Fsp3) is 0.375. The Balaban J connectivity index is 2.98. The monoisotopic (exact) mass is 290 g/mol. The van der Waals surface area contributed by atoms with Crippen LogP contribution in [0.25, 0.3) is 6.08 Å². The largest absolute Gasteiger partial charge is 0.478 e. The van der Waals surface area contributed by atoms with E-state index in [1.807, 2.05) is 18.7 Å². The average molecular weight is 290 g/mol. The van der Waals surface area contributed by atoms with Gasteiger partial charge in [0, 0.05) is 19.2 Å². The Bertz CT molecular complexity index is 562. The van der Waals surface area contributed by atoms with E-state index < -0.39 is 11.8 Å². The molecule has 0 spiro atoms. The van der Waals surface area contributed by atoms with Crippen molar-refractivity contribution in [2.24, 2.45) is 5.92 Å². The second kappa shape index (κ2) is 8.05. The highest BCUT2D eigenvalue weighted by Gasteiger charge is 2.13. The maximum absolute atomic E-state index is 14.2. The number of nitrogens with zero attached hydrogens (tertiary/aromatic N) is 2. The summed E-state index contributed by atoms with van der Waals surface area (Å²) in [5.74, 6) is -1.15. The fourth-order valence-electron chi connectivity index (χ4n) is 1.99. The van der Waals surface area contributed by atoms with Gasteiger partial charge < -0.3 is 10.0 Å². The predicted octanol–water partition coefficient (Wildman–Crippen LogP) is 3.30. The van der Waals surface area contributed by atoms with Crippen LogP contribution in [0.15, 0.2) is 24.3 Å². The lowest BCUT2D eigenvalue weighted by Crippen LogP contribution is -2.29. The lowest BCUT2D eigenvalue weighted by molar-refractivity contribution is -0.131. The van der Waals surface area contributed by atoms with Gasteiger partial charge in [0.2, 0.25) is 0 Å². The van der Waals surface area contributed by atoms with Crippen LogP contribution in [-0.4, -0.2) is 24.2 Å². The summed E-state index contributed by atoms with van der Waals surface area (Å²) in [6.07, 6.45) is 2.64. The van der Waals surface area contributed by atoms with Crippen LogP contribution in [0.4, 0.5) is 10.1 Å². The zero-order valence-corrected chi connectivity index (χ0v) is 12.2. The summed E-state index contributed by atoms with van der Waals surface area (Å²) in [5, 5.41) is 17.3. The Labute approximate surface area is 124 Å². The van der Waals surface area contributed by atoms with Gasteiger partial charge in [0.05, 0.1) is 18.2 Å². The number of benzene rings is 1. The summed E-state index contributed by atoms with van der Waals surface area (Å²) in [5.41, 5.74) is 0.926. The molecule has 0 radical (unpaired) electrons. The average Bonchev–Trinajstić information content (AvgIpc) is 2.41. The molecule has 21 heavy (non-hydrogen) atoms. The first-order chi connectivity index (χ1) is 9.93. The second-order valence-electron chi connectivity index (χ2n) is 5.13. The molecule has 5 heteroatoms. The zero-order chi connectivity index (χ0) is 15.8. The van der Waals surface area contributed by atoms with Crippen LogP contribution in [0.1, 0.15) is 25.8 Å². The second-order valence-corrected chi connectivity index (χ2v) is 5.13. The highest BCUT2D eigenvalue weighted by Crippen LogP contribution is 2.22. The molecule has 0 aliphatic heterocycles. The van der Waals surface area contributed by atoms with Crippen molar-refractivity contribution < 1.29 is 14.3 Å². The van der Waals surface area contributed by atoms with Crippen LogP contribution in [0.5, 0.6) is 0 Å². The molecule has 0 aromatic heterocycles. The molecule has 0 heterocycles. The molecule has 0 aliphatic rings. The fourth-order valence-corrected chi connectivity index (χ4v) is 1.99. The highest BCUT2D eigenvalue weighted by molar-refractivity contribution is 5.85. The molecule has 112 valence electrons. The number of hydrogen-bond acceptors (Lipinski definition) is 3. The normalized spacial score (nSPS) is 10.8. The molecule has 0 saturated heterocycles. The number of carboxylic acid groups (broad SMARTS) is 1. The van der Waals surface area contributed by atoms with Gasteiger partial charge >= 0.3 is 5.97 Å². The van der Waals surface area contributed by atoms with E-state index in [0.717, 1.165) is 6.08 Å². The van der Waals surface area contributed by atoms with Crippen molar-refractivity contribution >= 4 is 17.7 Å². The summed E-state index contributed by atoms with van der Waals surface area (Å²) < 4.78 is 14.2. The van der Waals surface area contributed by atoms with E-state index in [1.165, 1.54) is 12.1 Å². The number of carbonyl (C=O) groups is 1. The molecule has 0 unspecified atom stereocenters. The Morgan fingerprint density at radius 1 is 1.52 bits per heavy atom. The van der Waals surface area contributed by atoms with Gasteiger partial charge in [0.15, 0.2) is 0 Å². The molecule has 0 fully saturated rings. The number of aliphatic carboxylic acids is 1. The Hall–Kier alpha value is -2.35. The molecule has 0 atom stereocenters. The Kier molecular flexibility index (Phi) is 6.41. The number of halogens is 1. The number of anilines is 1. The third-order valence-corrected chi connectivity index (χ3v) is 2.81. The van der Waals surface area contributed by atoms with Gasteiger partial charge in [-0.15, -0.1) is 0 Å². The standard InChI is InChI=1S/C16H19FN2O2/c1-12(2)11-19(9-3-8-18)15-6-4-13(10-14(15)17)5-7-16(20)21/h4-7,10,12H,3,9,11H2,1-2H3,(H,20,21). The van der Waals surface area contributed by atoms with E-state index in [-0.39, 0.29) is 0 Å². The van der Waals surface area contributed by atoms with Crippen molar-refractivity contribution in [2.45, 2.75) is 20.3 Å². The quantitative estimate of drug-likeness (QED) is 0.783. The van der Waals surface area contributed by atoms with E-state index in [9.17, 15) is 9.18 Å². The maximum atomic E-state index is 14.2. The van der Waals surface area contributed by atoms with Gasteiger partial charge in [-0.1, -0.05) is 19.9 Å². The molecule has 1 rings (SSSR count). The molecule has 1 aromatic carbocycles. The zero-order valence-electron chi connectivity index (χ0n) is 12.2. The Morgan fingerprint density at radius 3 is 2.76 bits per heavy atom. The van der Waals surface area contributed by atoms with Crippen molar-refractivity contribution in [1.29, 1.82) is 5.26 Å². The lowest BCUT2D eigenvalue weighted by Gasteiger charge is -2.26. The van der Waals surface area contributed by atoms with E-state index in [1.54, 1.807) is 12.1 Å². The third kappa shape index (κ3) is 5.65.